The summed E-state index contributed by atoms with van der Waals surface area (Å²) in [4.78, 5) is 20.5. The van der Waals surface area contributed by atoms with Crippen LogP contribution in [0.5, 0.6) is 0 Å². The van der Waals surface area contributed by atoms with Crippen molar-refractivity contribution in [2.75, 3.05) is 0 Å². The molecule has 3 rings (SSSR count). The number of benzene rings is 1. The minimum absolute atomic E-state index is 0.0932. The molecule has 0 saturated heterocycles. The molecular formula is C14H10N2OS. The number of rotatable bonds is 3. The first kappa shape index (κ1) is 11.0. The van der Waals surface area contributed by atoms with Crippen LogP contribution < -0.4 is 0 Å². The number of hydrogen-bond donors (Lipinski definition) is 0. The largest absolute Gasteiger partial charge is 0.294 e. The lowest BCUT2D eigenvalue weighted by Gasteiger charge is -2.01. The molecule has 4 heteroatoms. The Balaban J connectivity index is 1.92. The Bertz CT molecular complexity index is 692. The maximum atomic E-state index is 12.1. The smallest absolute Gasteiger partial charge is 0.169 e. The maximum absolute atomic E-state index is 12.1. The van der Waals surface area contributed by atoms with E-state index in [1.807, 2.05) is 35.7 Å². The van der Waals surface area contributed by atoms with Crippen LogP contribution in [0, 0.1) is 0 Å². The van der Waals surface area contributed by atoms with Crippen molar-refractivity contribution in [3.8, 4) is 0 Å². The number of carbonyl (C=O) groups is 1. The number of hydrogen-bond acceptors (Lipinski definition) is 4. The van der Waals surface area contributed by atoms with Crippen molar-refractivity contribution in [3.63, 3.8) is 0 Å². The van der Waals surface area contributed by atoms with Crippen LogP contribution in [0.2, 0.25) is 0 Å². The first-order valence-corrected chi connectivity index (χ1v) is 6.47. The normalized spacial score (nSPS) is 10.7. The highest BCUT2D eigenvalue weighted by molar-refractivity contribution is 7.09. The maximum Gasteiger partial charge on any atom is 0.169 e. The molecule has 0 aliphatic carbocycles. The van der Waals surface area contributed by atoms with Crippen molar-refractivity contribution in [3.05, 3.63) is 58.7 Å². The molecule has 0 spiro atoms. The Morgan fingerprint density at radius 2 is 2.11 bits per heavy atom. The SMILES string of the molecule is O=C(Cc1nccs1)c1ccc2ncccc2c1. The molecule has 0 amide bonds. The molecule has 2 heterocycles. The fourth-order valence-corrected chi connectivity index (χ4v) is 2.44. The second-order valence-electron chi connectivity index (χ2n) is 3.94. The molecule has 0 aliphatic heterocycles. The lowest BCUT2D eigenvalue weighted by Crippen LogP contribution is -2.03. The number of carbonyl (C=O) groups excluding carboxylic acids is 1. The highest BCUT2D eigenvalue weighted by Gasteiger charge is 2.09. The molecule has 0 aliphatic rings. The van der Waals surface area contributed by atoms with Gasteiger partial charge in [0.15, 0.2) is 5.78 Å². The second-order valence-corrected chi connectivity index (χ2v) is 4.92. The van der Waals surface area contributed by atoms with Crippen molar-refractivity contribution in [1.82, 2.24) is 9.97 Å². The summed E-state index contributed by atoms with van der Waals surface area (Å²) in [6.45, 7) is 0. The van der Waals surface area contributed by atoms with Crippen molar-refractivity contribution in [2.24, 2.45) is 0 Å². The molecule has 0 N–H and O–H groups in total. The summed E-state index contributed by atoms with van der Waals surface area (Å²) in [6.07, 6.45) is 3.83. The Morgan fingerprint density at radius 1 is 1.17 bits per heavy atom. The van der Waals surface area contributed by atoms with Crippen LogP contribution in [0.3, 0.4) is 0 Å². The summed E-state index contributed by atoms with van der Waals surface area (Å²) in [5.74, 6) is 0.0932. The third-order valence-electron chi connectivity index (χ3n) is 2.72. The average molecular weight is 254 g/mol. The van der Waals surface area contributed by atoms with Crippen molar-refractivity contribution >= 4 is 28.0 Å². The zero-order valence-corrected chi connectivity index (χ0v) is 10.4. The van der Waals surface area contributed by atoms with E-state index < -0.39 is 0 Å². The molecule has 3 nitrogen and oxygen atoms in total. The fourth-order valence-electron chi connectivity index (χ4n) is 1.83. The van der Waals surface area contributed by atoms with E-state index in [0.29, 0.717) is 12.0 Å². The number of fused-ring (bicyclic) bond motifs is 1. The summed E-state index contributed by atoms with van der Waals surface area (Å²) in [5.41, 5.74) is 1.62. The van der Waals surface area contributed by atoms with Gasteiger partial charge in [-0.2, -0.15) is 0 Å². The predicted molar refractivity (Wildman–Crippen MR) is 71.9 cm³/mol. The van der Waals surface area contributed by atoms with Gasteiger partial charge in [0.1, 0.15) is 5.01 Å². The van der Waals surface area contributed by atoms with Crippen LogP contribution >= 0.6 is 11.3 Å². The Morgan fingerprint density at radius 3 is 2.94 bits per heavy atom. The van der Waals surface area contributed by atoms with Gasteiger partial charge >= 0.3 is 0 Å². The standard InChI is InChI=1S/C14H10N2OS/c17-13(9-14-16-6-7-18-14)11-3-4-12-10(8-11)2-1-5-15-12/h1-8H,9H2. The molecular weight excluding hydrogens is 244 g/mol. The van der Waals surface area contributed by atoms with E-state index in [1.165, 1.54) is 11.3 Å². The number of thiazole rings is 1. The second kappa shape index (κ2) is 4.66. The molecule has 18 heavy (non-hydrogen) atoms. The van der Waals surface area contributed by atoms with Gasteiger partial charge in [0.25, 0.3) is 0 Å². The first-order chi connectivity index (χ1) is 8.83. The van der Waals surface area contributed by atoms with E-state index in [0.717, 1.165) is 15.9 Å². The molecule has 1 aromatic carbocycles. The van der Waals surface area contributed by atoms with E-state index in [-0.39, 0.29) is 5.78 Å². The van der Waals surface area contributed by atoms with Crippen LogP contribution in [0.4, 0.5) is 0 Å². The predicted octanol–water partition coefficient (Wildman–Crippen LogP) is 3.12. The molecule has 0 radical (unpaired) electrons. The van der Waals surface area contributed by atoms with Crippen molar-refractivity contribution in [1.29, 1.82) is 0 Å². The van der Waals surface area contributed by atoms with Crippen LogP contribution in [0.25, 0.3) is 10.9 Å². The summed E-state index contributed by atoms with van der Waals surface area (Å²) in [6, 6.07) is 9.42. The highest BCUT2D eigenvalue weighted by Crippen LogP contribution is 2.16. The zero-order chi connectivity index (χ0) is 12.4. The van der Waals surface area contributed by atoms with Gasteiger partial charge in [-0.1, -0.05) is 6.07 Å². The van der Waals surface area contributed by atoms with Gasteiger partial charge in [-0.25, -0.2) is 4.98 Å². The van der Waals surface area contributed by atoms with Crippen molar-refractivity contribution in [2.45, 2.75) is 6.42 Å². The number of ketones is 1. The summed E-state index contributed by atoms with van der Waals surface area (Å²) in [5, 5.41) is 3.72. The van der Waals surface area contributed by atoms with Crippen molar-refractivity contribution < 1.29 is 4.79 Å². The van der Waals surface area contributed by atoms with E-state index in [9.17, 15) is 4.79 Å². The van der Waals surface area contributed by atoms with Gasteiger partial charge in [-0.15, -0.1) is 11.3 Å². The fraction of sp³-hybridized carbons (Fsp3) is 0.0714. The summed E-state index contributed by atoms with van der Waals surface area (Å²) in [7, 11) is 0. The topological polar surface area (TPSA) is 42.9 Å². The first-order valence-electron chi connectivity index (χ1n) is 5.59. The third-order valence-corrected chi connectivity index (χ3v) is 3.50. The zero-order valence-electron chi connectivity index (χ0n) is 9.54. The number of Topliss-reactive ketones (excluding diaryl/α,β-unsaturated/α-hetero) is 1. The molecule has 0 bridgehead atoms. The molecule has 0 atom stereocenters. The molecule has 0 saturated carbocycles. The molecule has 2 aromatic heterocycles. The van der Waals surface area contributed by atoms with Crippen LogP contribution in [-0.2, 0) is 6.42 Å². The third kappa shape index (κ3) is 2.15. The Labute approximate surface area is 108 Å². The van der Waals surface area contributed by atoms with Gasteiger partial charge in [0.05, 0.1) is 11.9 Å². The Kier molecular flexibility index (Phi) is 2.86. The van der Waals surface area contributed by atoms with E-state index in [4.69, 9.17) is 0 Å². The Hall–Kier alpha value is -2.07. The number of pyridine rings is 1. The lowest BCUT2D eigenvalue weighted by molar-refractivity contribution is 0.0993. The molecule has 0 fully saturated rings. The van der Waals surface area contributed by atoms with Crippen LogP contribution in [0.1, 0.15) is 15.4 Å². The van der Waals surface area contributed by atoms with Gasteiger partial charge in [-0.05, 0) is 24.3 Å². The quantitative estimate of drug-likeness (QED) is 0.674. The van der Waals surface area contributed by atoms with E-state index in [1.54, 1.807) is 12.4 Å². The van der Waals surface area contributed by atoms with E-state index in [2.05, 4.69) is 9.97 Å². The lowest BCUT2D eigenvalue weighted by atomic mass is 10.1. The minimum Gasteiger partial charge on any atom is -0.294 e. The van der Waals surface area contributed by atoms with Gasteiger partial charge in [-0.3, -0.25) is 9.78 Å². The van der Waals surface area contributed by atoms with Crippen LogP contribution in [0.15, 0.2) is 48.1 Å². The number of nitrogens with zero attached hydrogens (tertiary/aromatic N) is 2. The summed E-state index contributed by atoms with van der Waals surface area (Å²) < 4.78 is 0. The van der Waals surface area contributed by atoms with Gasteiger partial charge < -0.3 is 0 Å². The summed E-state index contributed by atoms with van der Waals surface area (Å²) >= 11 is 1.51. The average Bonchev–Trinajstić information content (AvgIpc) is 2.91. The number of aromatic nitrogens is 2. The monoisotopic (exact) mass is 254 g/mol. The molecule has 3 aromatic rings. The van der Waals surface area contributed by atoms with Gasteiger partial charge in [0.2, 0.25) is 0 Å². The minimum atomic E-state index is 0.0932. The highest BCUT2D eigenvalue weighted by atomic mass is 32.1. The van der Waals surface area contributed by atoms with E-state index >= 15 is 0 Å². The molecule has 0 unspecified atom stereocenters. The van der Waals surface area contributed by atoms with Crippen LogP contribution in [-0.4, -0.2) is 15.8 Å². The van der Waals surface area contributed by atoms with Gasteiger partial charge in [0, 0.05) is 28.7 Å². The molecule has 88 valence electrons.